The van der Waals surface area contributed by atoms with E-state index >= 15 is 0 Å². The van der Waals surface area contributed by atoms with Crippen molar-refractivity contribution in [1.29, 1.82) is 0 Å². The van der Waals surface area contributed by atoms with E-state index in [2.05, 4.69) is 0 Å². The molecule has 0 aliphatic heterocycles. The summed E-state index contributed by atoms with van der Waals surface area (Å²) in [7, 11) is 0. The summed E-state index contributed by atoms with van der Waals surface area (Å²) in [5.74, 6) is -2.31. The molecule has 3 rings (SSSR count). The van der Waals surface area contributed by atoms with E-state index in [1.54, 1.807) is 24.3 Å². The molecule has 0 bridgehead atoms. The van der Waals surface area contributed by atoms with Crippen LogP contribution < -0.4 is 0 Å². The van der Waals surface area contributed by atoms with Crippen molar-refractivity contribution in [2.24, 2.45) is 0 Å². The number of Topliss-reactive ketones (excluding diaryl/α,β-unsaturated/α-hetero) is 1. The van der Waals surface area contributed by atoms with Crippen LogP contribution in [0.25, 0.3) is 0 Å². The molecule has 3 aromatic carbocycles. The van der Waals surface area contributed by atoms with Gasteiger partial charge in [0.05, 0.1) is 5.92 Å². The number of rotatable bonds is 4. The highest BCUT2D eigenvalue weighted by atomic mass is 35.5. The fraction of sp³-hybridized carbons (Fsp3) is 0.0500. The first-order valence-electron chi connectivity index (χ1n) is 7.70. The van der Waals surface area contributed by atoms with Crippen LogP contribution in [0.1, 0.15) is 27.4 Å². The number of ketones is 1. The van der Waals surface area contributed by atoms with E-state index in [0.29, 0.717) is 10.6 Å². The van der Waals surface area contributed by atoms with E-state index < -0.39 is 5.92 Å². The van der Waals surface area contributed by atoms with Crippen molar-refractivity contribution < 1.29 is 25.2 Å². The van der Waals surface area contributed by atoms with Gasteiger partial charge in [0, 0.05) is 33.8 Å². The standard InChI is InChI=1S/C20H15ClO5/c21-12-3-1-11(2-4-12)20(26)19(15-7-5-13(22)9-17(15)24)16-8-6-14(23)10-18(16)25/h1-10,19,22-25H. The van der Waals surface area contributed by atoms with E-state index in [1.165, 1.54) is 24.3 Å². The van der Waals surface area contributed by atoms with Gasteiger partial charge in [0.15, 0.2) is 5.78 Å². The Balaban J connectivity index is 2.18. The Morgan fingerprint density at radius 2 is 1.19 bits per heavy atom. The Morgan fingerprint density at radius 1 is 0.731 bits per heavy atom. The van der Waals surface area contributed by atoms with E-state index in [-0.39, 0.29) is 39.9 Å². The van der Waals surface area contributed by atoms with Crippen LogP contribution in [0, 0.1) is 0 Å². The third kappa shape index (κ3) is 3.43. The minimum absolute atomic E-state index is 0.154. The normalized spacial score (nSPS) is 10.8. The first-order valence-corrected chi connectivity index (χ1v) is 8.08. The predicted molar refractivity (Wildman–Crippen MR) is 97.2 cm³/mol. The molecule has 0 aliphatic carbocycles. The second-order valence-corrected chi connectivity index (χ2v) is 6.23. The summed E-state index contributed by atoms with van der Waals surface area (Å²) in [5, 5.41) is 40.0. The number of benzene rings is 3. The van der Waals surface area contributed by atoms with Gasteiger partial charge < -0.3 is 20.4 Å². The molecule has 4 N–H and O–H groups in total. The Morgan fingerprint density at radius 3 is 1.62 bits per heavy atom. The Hall–Kier alpha value is -3.18. The van der Waals surface area contributed by atoms with Crippen molar-refractivity contribution in [3.05, 3.63) is 82.4 Å². The molecule has 0 aliphatic rings. The smallest absolute Gasteiger partial charge is 0.174 e. The van der Waals surface area contributed by atoms with Crippen molar-refractivity contribution in [3.63, 3.8) is 0 Å². The van der Waals surface area contributed by atoms with Crippen LogP contribution in [0.5, 0.6) is 23.0 Å². The summed E-state index contributed by atoms with van der Waals surface area (Å²) >= 11 is 5.87. The van der Waals surface area contributed by atoms with Gasteiger partial charge in [0.1, 0.15) is 23.0 Å². The van der Waals surface area contributed by atoms with Crippen molar-refractivity contribution in [3.8, 4) is 23.0 Å². The maximum Gasteiger partial charge on any atom is 0.174 e. The number of hydrogen-bond acceptors (Lipinski definition) is 5. The maximum atomic E-state index is 13.1. The second kappa shape index (κ2) is 6.98. The minimum atomic E-state index is -1.04. The molecule has 0 fully saturated rings. The molecule has 5 nitrogen and oxygen atoms in total. The number of phenols is 4. The zero-order valence-electron chi connectivity index (χ0n) is 13.4. The number of hydrogen-bond donors (Lipinski definition) is 4. The Bertz CT molecular complexity index is 915. The highest BCUT2D eigenvalue weighted by Crippen LogP contribution is 2.40. The lowest BCUT2D eigenvalue weighted by Crippen LogP contribution is -2.15. The summed E-state index contributed by atoms with van der Waals surface area (Å²) in [6, 6.07) is 14.0. The second-order valence-electron chi connectivity index (χ2n) is 5.79. The van der Waals surface area contributed by atoms with Crippen LogP contribution in [0.15, 0.2) is 60.7 Å². The van der Waals surface area contributed by atoms with Gasteiger partial charge in [-0.25, -0.2) is 0 Å². The number of phenolic OH excluding ortho intramolecular Hbond substituents is 4. The van der Waals surface area contributed by atoms with Crippen LogP contribution >= 0.6 is 11.6 Å². The van der Waals surface area contributed by atoms with Crippen molar-refractivity contribution in [2.75, 3.05) is 0 Å². The molecule has 0 unspecified atom stereocenters. The van der Waals surface area contributed by atoms with Crippen molar-refractivity contribution in [2.45, 2.75) is 5.92 Å². The van der Waals surface area contributed by atoms with Crippen LogP contribution in [-0.4, -0.2) is 26.2 Å². The highest BCUT2D eigenvalue weighted by Gasteiger charge is 2.29. The molecule has 0 radical (unpaired) electrons. The van der Waals surface area contributed by atoms with Crippen molar-refractivity contribution >= 4 is 17.4 Å². The third-order valence-electron chi connectivity index (χ3n) is 4.04. The maximum absolute atomic E-state index is 13.1. The topological polar surface area (TPSA) is 98.0 Å². The SMILES string of the molecule is O=C(c1ccc(Cl)cc1)C(c1ccc(O)cc1O)c1ccc(O)cc1O. The van der Waals surface area contributed by atoms with Gasteiger partial charge in [-0.1, -0.05) is 23.7 Å². The van der Waals surface area contributed by atoms with Gasteiger partial charge in [-0.05, 0) is 36.4 Å². The number of aromatic hydroxyl groups is 4. The van der Waals surface area contributed by atoms with E-state index in [9.17, 15) is 25.2 Å². The largest absolute Gasteiger partial charge is 0.508 e. The third-order valence-corrected chi connectivity index (χ3v) is 4.29. The predicted octanol–water partition coefficient (Wildman–Crippen LogP) is 4.18. The summed E-state index contributed by atoms with van der Waals surface area (Å²) in [6.45, 7) is 0. The van der Waals surface area contributed by atoms with E-state index in [4.69, 9.17) is 11.6 Å². The Labute approximate surface area is 154 Å². The van der Waals surface area contributed by atoms with Gasteiger partial charge in [-0.3, -0.25) is 4.79 Å². The zero-order valence-corrected chi connectivity index (χ0v) is 14.2. The summed E-state index contributed by atoms with van der Waals surface area (Å²) in [6.07, 6.45) is 0. The minimum Gasteiger partial charge on any atom is -0.508 e. The zero-order chi connectivity index (χ0) is 18.8. The average molecular weight is 371 g/mol. The molecule has 132 valence electrons. The number of carbonyl (C=O) groups excluding carboxylic acids is 1. The molecule has 26 heavy (non-hydrogen) atoms. The molecule has 0 saturated heterocycles. The van der Waals surface area contributed by atoms with Crippen LogP contribution in [0.4, 0.5) is 0 Å². The highest BCUT2D eigenvalue weighted by molar-refractivity contribution is 6.30. The van der Waals surface area contributed by atoms with Crippen LogP contribution in [0.2, 0.25) is 5.02 Å². The number of carbonyl (C=O) groups is 1. The Kier molecular flexibility index (Phi) is 4.73. The van der Waals surface area contributed by atoms with Gasteiger partial charge in [0.25, 0.3) is 0 Å². The number of halogens is 1. The fourth-order valence-electron chi connectivity index (χ4n) is 2.78. The van der Waals surface area contributed by atoms with Crippen molar-refractivity contribution in [1.82, 2.24) is 0 Å². The lowest BCUT2D eigenvalue weighted by molar-refractivity contribution is 0.0971. The monoisotopic (exact) mass is 370 g/mol. The molecule has 0 amide bonds. The van der Waals surface area contributed by atoms with Crippen LogP contribution in [0.3, 0.4) is 0 Å². The molecule has 0 spiro atoms. The summed E-state index contributed by atoms with van der Waals surface area (Å²) in [4.78, 5) is 13.1. The van der Waals surface area contributed by atoms with E-state index in [0.717, 1.165) is 12.1 Å². The lowest BCUT2D eigenvalue weighted by atomic mass is 9.83. The molecule has 3 aromatic rings. The molecule has 0 saturated carbocycles. The fourth-order valence-corrected chi connectivity index (χ4v) is 2.91. The van der Waals surface area contributed by atoms with Gasteiger partial charge >= 0.3 is 0 Å². The molecular weight excluding hydrogens is 356 g/mol. The first-order chi connectivity index (χ1) is 12.4. The van der Waals surface area contributed by atoms with Gasteiger partial charge in [-0.2, -0.15) is 0 Å². The lowest BCUT2D eigenvalue weighted by Gasteiger charge is -2.19. The summed E-state index contributed by atoms with van der Waals surface area (Å²) < 4.78 is 0. The molecule has 0 heterocycles. The van der Waals surface area contributed by atoms with Crippen LogP contribution in [-0.2, 0) is 0 Å². The molecular formula is C20H15ClO5. The first kappa shape index (κ1) is 17.6. The van der Waals surface area contributed by atoms with E-state index in [1.807, 2.05) is 0 Å². The summed E-state index contributed by atoms with van der Waals surface area (Å²) in [5.41, 5.74) is 0.756. The van der Waals surface area contributed by atoms with Gasteiger partial charge in [-0.15, -0.1) is 0 Å². The molecule has 0 aromatic heterocycles. The average Bonchev–Trinajstić information content (AvgIpc) is 2.59. The molecule has 6 heteroatoms. The van der Waals surface area contributed by atoms with Gasteiger partial charge in [0.2, 0.25) is 0 Å². The quantitative estimate of drug-likeness (QED) is 0.516. The molecule has 0 atom stereocenters.